The van der Waals surface area contributed by atoms with Crippen molar-refractivity contribution in [3.05, 3.63) is 82.9 Å². The summed E-state index contributed by atoms with van der Waals surface area (Å²) in [4.78, 5) is 36.6. The number of hydrogen-bond acceptors (Lipinski definition) is 7. The standard InChI is InChI=1S/C27H26ClN3O6/c1-3-4-15-36-20-12-10-19(11-13-20)27(34)37-23-14-9-18(16-24(23)35-2)17-29-31-26(33)25(32)30-22-8-6-5-7-21(22)28/h5-14,16-17H,3-4,15H2,1-2H3,(H,30,32)(H,31,33). The summed E-state index contributed by atoms with van der Waals surface area (Å²) < 4.78 is 16.4. The monoisotopic (exact) mass is 523 g/mol. The van der Waals surface area contributed by atoms with Crippen molar-refractivity contribution >= 4 is 41.3 Å². The van der Waals surface area contributed by atoms with Crippen molar-refractivity contribution in [3.63, 3.8) is 0 Å². The lowest BCUT2D eigenvalue weighted by molar-refractivity contribution is -0.136. The van der Waals surface area contributed by atoms with Crippen molar-refractivity contribution in [1.82, 2.24) is 5.43 Å². The molecule has 3 aromatic rings. The number of benzene rings is 3. The summed E-state index contributed by atoms with van der Waals surface area (Å²) >= 11 is 5.97. The lowest BCUT2D eigenvalue weighted by Gasteiger charge is -2.10. The second-order valence-electron chi connectivity index (χ2n) is 7.66. The number of para-hydroxylation sites is 1. The van der Waals surface area contributed by atoms with Crippen LogP contribution in [0.1, 0.15) is 35.7 Å². The van der Waals surface area contributed by atoms with Gasteiger partial charge in [-0.2, -0.15) is 5.10 Å². The van der Waals surface area contributed by atoms with Gasteiger partial charge in [0.05, 0.1) is 36.2 Å². The molecule has 2 amide bonds. The molecule has 9 nitrogen and oxygen atoms in total. The van der Waals surface area contributed by atoms with E-state index in [1.165, 1.54) is 19.4 Å². The third-order valence-corrected chi connectivity index (χ3v) is 5.28. The molecule has 0 bridgehead atoms. The molecule has 0 heterocycles. The van der Waals surface area contributed by atoms with Gasteiger partial charge in [0, 0.05) is 0 Å². The molecule has 0 aliphatic carbocycles. The van der Waals surface area contributed by atoms with Crippen molar-refractivity contribution in [3.8, 4) is 17.2 Å². The number of amides is 2. The van der Waals surface area contributed by atoms with E-state index in [1.807, 2.05) is 0 Å². The smallest absolute Gasteiger partial charge is 0.343 e. The molecule has 37 heavy (non-hydrogen) atoms. The number of hydrazone groups is 1. The Hall–Kier alpha value is -4.37. The van der Waals surface area contributed by atoms with Gasteiger partial charge in [-0.25, -0.2) is 10.2 Å². The zero-order valence-electron chi connectivity index (χ0n) is 20.3. The minimum absolute atomic E-state index is 0.205. The molecule has 0 saturated carbocycles. The molecular weight excluding hydrogens is 498 g/mol. The minimum Gasteiger partial charge on any atom is -0.494 e. The van der Waals surface area contributed by atoms with Gasteiger partial charge in [0.2, 0.25) is 0 Å². The van der Waals surface area contributed by atoms with Gasteiger partial charge in [-0.05, 0) is 66.6 Å². The number of nitrogens with zero attached hydrogens (tertiary/aromatic N) is 1. The fraction of sp³-hybridized carbons (Fsp3) is 0.185. The van der Waals surface area contributed by atoms with E-state index < -0.39 is 17.8 Å². The highest BCUT2D eigenvalue weighted by Crippen LogP contribution is 2.28. The Labute approximate surface area is 219 Å². The molecule has 0 unspecified atom stereocenters. The van der Waals surface area contributed by atoms with Gasteiger partial charge in [0.25, 0.3) is 0 Å². The predicted octanol–water partition coefficient (Wildman–Crippen LogP) is 4.84. The van der Waals surface area contributed by atoms with E-state index in [-0.39, 0.29) is 11.5 Å². The highest BCUT2D eigenvalue weighted by atomic mass is 35.5. The predicted molar refractivity (Wildman–Crippen MR) is 141 cm³/mol. The van der Waals surface area contributed by atoms with E-state index in [4.69, 9.17) is 25.8 Å². The Morgan fingerprint density at radius 2 is 1.73 bits per heavy atom. The normalized spacial score (nSPS) is 10.6. The van der Waals surface area contributed by atoms with Crippen LogP contribution in [0.25, 0.3) is 0 Å². The molecule has 10 heteroatoms. The summed E-state index contributed by atoms with van der Waals surface area (Å²) in [5, 5.41) is 6.48. The van der Waals surface area contributed by atoms with E-state index in [9.17, 15) is 14.4 Å². The third-order valence-electron chi connectivity index (χ3n) is 4.95. The summed E-state index contributed by atoms with van der Waals surface area (Å²) in [5.74, 6) is -1.30. The summed E-state index contributed by atoms with van der Waals surface area (Å²) in [5.41, 5.74) is 3.32. The molecule has 192 valence electrons. The second-order valence-corrected chi connectivity index (χ2v) is 8.07. The number of ether oxygens (including phenoxy) is 3. The Morgan fingerprint density at radius 3 is 2.43 bits per heavy atom. The molecule has 0 saturated heterocycles. The van der Waals surface area contributed by atoms with E-state index in [0.29, 0.717) is 34.2 Å². The maximum atomic E-state index is 12.6. The molecule has 0 aliphatic rings. The number of unbranched alkanes of at least 4 members (excludes halogenated alkanes) is 1. The van der Waals surface area contributed by atoms with Crippen molar-refractivity contribution in [2.75, 3.05) is 19.0 Å². The van der Waals surface area contributed by atoms with Gasteiger partial charge in [-0.3, -0.25) is 9.59 Å². The van der Waals surface area contributed by atoms with Crippen LogP contribution in [-0.4, -0.2) is 37.7 Å². The lowest BCUT2D eigenvalue weighted by atomic mass is 10.2. The SMILES string of the molecule is CCCCOc1ccc(C(=O)Oc2ccc(C=NNC(=O)C(=O)Nc3ccccc3Cl)cc2OC)cc1. The van der Waals surface area contributed by atoms with Crippen molar-refractivity contribution in [2.24, 2.45) is 5.10 Å². The minimum atomic E-state index is -0.976. The Morgan fingerprint density at radius 1 is 0.973 bits per heavy atom. The zero-order valence-corrected chi connectivity index (χ0v) is 21.1. The third kappa shape index (κ3) is 8.08. The van der Waals surface area contributed by atoms with Crippen molar-refractivity contribution in [1.29, 1.82) is 0 Å². The fourth-order valence-electron chi connectivity index (χ4n) is 2.99. The number of carbonyl (C=O) groups excluding carboxylic acids is 3. The largest absolute Gasteiger partial charge is 0.494 e. The van der Waals surface area contributed by atoms with Crippen LogP contribution in [0.3, 0.4) is 0 Å². The average Bonchev–Trinajstić information content (AvgIpc) is 2.91. The maximum absolute atomic E-state index is 12.6. The van der Waals surface area contributed by atoms with Gasteiger partial charge >= 0.3 is 17.8 Å². The van der Waals surface area contributed by atoms with Crippen LogP contribution in [-0.2, 0) is 9.59 Å². The van der Waals surface area contributed by atoms with E-state index in [0.717, 1.165) is 12.8 Å². The van der Waals surface area contributed by atoms with Gasteiger partial charge < -0.3 is 19.5 Å². The number of rotatable bonds is 10. The summed E-state index contributed by atoms with van der Waals surface area (Å²) in [6.07, 6.45) is 3.30. The van der Waals surface area contributed by atoms with Crippen LogP contribution in [0.2, 0.25) is 5.02 Å². The molecular formula is C27H26ClN3O6. The number of methoxy groups -OCH3 is 1. The van der Waals surface area contributed by atoms with Crippen LogP contribution in [0.4, 0.5) is 5.69 Å². The van der Waals surface area contributed by atoms with Crippen LogP contribution in [0.15, 0.2) is 71.8 Å². The number of anilines is 1. The number of hydrogen-bond donors (Lipinski definition) is 2. The summed E-state index contributed by atoms with van der Waals surface area (Å²) in [6, 6.07) is 17.9. The van der Waals surface area contributed by atoms with Crippen LogP contribution in [0, 0.1) is 0 Å². The van der Waals surface area contributed by atoms with Crippen LogP contribution in [0.5, 0.6) is 17.2 Å². The Kier molecular flexibility index (Phi) is 10.0. The molecule has 0 spiro atoms. The van der Waals surface area contributed by atoms with Crippen molar-refractivity contribution in [2.45, 2.75) is 19.8 Å². The lowest BCUT2D eigenvalue weighted by Crippen LogP contribution is -2.32. The molecule has 0 atom stereocenters. The van der Waals surface area contributed by atoms with E-state index >= 15 is 0 Å². The molecule has 2 N–H and O–H groups in total. The number of carbonyl (C=O) groups is 3. The van der Waals surface area contributed by atoms with E-state index in [1.54, 1.807) is 60.7 Å². The quantitative estimate of drug-likeness (QED) is 0.0981. The first-order valence-electron chi connectivity index (χ1n) is 11.4. The highest BCUT2D eigenvalue weighted by molar-refractivity contribution is 6.41. The molecule has 0 aliphatic heterocycles. The Balaban J connectivity index is 1.57. The summed E-state index contributed by atoms with van der Waals surface area (Å²) in [7, 11) is 1.43. The number of halogens is 1. The zero-order chi connectivity index (χ0) is 26.6. The van der Waals surface area contributed by atoms with Gasteiger partial charge in [0.1, 0.15) is 5.75 Å². The Bertz CT molecular complexity index is 1280. The molecule has 3 rings (SSSR count). The highest BCUT2D eigenvalue weighted by Gasteiger charge is 2.15. The number of esters is 1. The average molecular weight is 524 g/mol. The molecule has 3 aromatic carbocycles. The first-order valence-corrected chi connectivity index (χ1v) is 11.8. The van der Waals surface area contributed by atoms with Gasteiger partial charge in [0.15, 0.2) is 11.5 Å². The van der Waals surface area contributed by atoms with Gasteiger partial charge in [-0.15, -0.1) is 0 Å². The first-order chi connectivity index (χ1) is 17.9. The maximum Gasteiger partial charge on any atom is 0.343 e. The van der Waals surface area contributed by atoms with Crippen LogP contribution < -0.4 is 25.0 Å². The van der Waals surface area contributed by atoms with Crippen molar-refractivity contribution < 1.29 is 28.6 Å². The first kappa shape index (κ1) is 27.2. The molecule has 0 radical (unpaired) electrons. The number of nitrogens with one attached hydrogen (secondary N) is 2. The second kappa shape index (κ2) is 13.6. The summed E-state index contributed by atoms with van der Waals surface area (Å²) in [6.45, 7) is 2.70. The van der Waals surface area contributed by atoms with E-state index in [2.05, 4.69) is 22.8 Å². The topological polar surface area (TPSA) is 115 Å². The molecule has 0 aromatic heterocycles. The van der Waals surface area contributed by atoms with Crippen LogP contribution >= 0.6 is 11.6 Å². The fourth-order valence-corrected chi connectivity index (χ4v) is 3.17. The van der Waals surface area contributed by atoms with Gasteiger partial charge in [-0.1, -0.05) is 37.1 Å². The molecule has 0 fully saturated rings.